The predicted molar refractivity (Wildman–Crippen MR) is 122 cm³/mol. The normalized spacial score (nSPS) is 14.8. The van der Waals surface area contributed by atoms with Crippen LogP contribution < -0.4 is 0 Å². The second-order valence-electron chi connectivity index (χ2n) is 8.54. The summed E-state index contributed by atoms with van der Waals surface area (Å²) in [6.07, 6.45) is 15.7. The highest BCUT2D eigenvalue weighted by molar-refractivity contribution is 5.89. The Kier molecular flexibility index (Phi) is 10.8. The van der Waals surface area contributed by atoms with Crippen LogP contribution in [0, 0.1) is 0 Å². The number of likely N-dealkylation sites (N-methyl/N-ethyl adjacent to an activating group) is 1. The highest BCUT2D eigenvalue weighted by Crippen LogP contribution is 2.30. The lowest BCUT2D eigenvalue weighted by Crippen LogP contribution is -2.26. The zero-order valence-electron chi connectivity index (χ0n) is 18.9. The molecule has 1 aromatic carbocycles. The van der Waals surface area contributed by atoms with Crippen LogP contribution in [-0.2, 0) is 0 Å². The molecule has 0 radical (unpaired) electrons. The molecule has 0 fully saturated rings. The lowest BCUT2D eigenvalue weighted by atomic mass is 10.0. The van der Waals surface area contributed by atoms with Crippen LogP contribution in [0.25, 0.3) is 0 Å². The third-order valence-corrected chi connectivity index (χ3v) is 5.96. The number of benzene rings is 1. The molecule has 0 amide bonds. The van der Waals surface area contributed by atoms with Gasteiger partial charge in [-0.3, -0.25) is 0 Å². The molecule has 2 N–H and O–H groups in total. The van der Waals surface area contributed by atoms with Crippen LogP contribution in [0.5, 0.6) is 0 Å². The molecule has 0 saturated carbocycles. The number of aromatic carboxylic acids is 1. The van der Waals surface area contributed by atoms with Gasteiger partial charge in [0.2, 0.25) is 0 Å². The van der Waals surface area contributed by atoms with Gasteiger partial charge in [-0.1, -0.05) is 89.3 Å². The number of carboxylic acid groups (broad SMARTS) is 1. The van der Waals surface area contributed by atoms with Crippen molar-refractivity contribution < 1.29 is 15.0 Å². The third-order valence-electron chi connectivity index (χ3n) is 5.96. The molecule has 1 atom stereocenters. The molecule has 1 heterocycles. The van der Waals surface area contributed by atoms with Crippen molar-refractivity contribution in [1.29, 1.82) is 0 Å². The summed E-state index contributed by atoms with van der Waals surface area (Å²) in [6.45, 7) is 3.97. The average Bonchev–Trinajstić information content (AvgIpc) is 3.11. The SMILES string of the molecule is CCCCCCCCCCCCCN1C=C(C(O)c2ccccc2C(=O)O)N(C)C1. The van der Waals surface area contributed by atoms with Crippen molar-refractivity contribution in [3.63, 3.8) is 0 Å². The van der Waals surface area contributed by atoms with E-state index in [1.54, 1.807) is 24.3 Å². The summed E-state index contributed by atoms with van der Waals surface area (Å²) in [6, 6.07) is 6.68. The average molecular weight is 417 g/mol. The maximum absolute atomic E-state index is 11.5. The lowest BCUT2D eigenvalue weighted by Gasteiger charge is -2.22. The largest absolute Gasteiger partial charge is 0.478 e. The Balaban J connectivity index is 1.69. The molecule has 5 heteroatoms. The minimum atomic E-state index is -1.01. The van der Waals surface area contributed by atoms with E-state index in [1.807, 2.05) is 18.1 Å². The van der Waals surface area contributed by atoms with Crippen LogP contribution in [0.2, 0.25) is 0 Å². The van der Waals surface area contributed by atoms with Gasteiger partial charge in [0.15, 0.2) is 0 Å². The molecule has 30 heavy (non-hydrogen) atoms. The van der Waals surface area contributed by atoms with Gasteiger partial charge >= 0.3 is 5.97 Å². The van der Waals surface area contributed by atoms with Gasteiger partial charge in [-0.2, -0.15) is 0 Å². The Morgan fingerprint density at radius 3 is 2.13 bits per heavy atom. The Morgan fingerprint density at radius 2 is 1.53 bits per heavy atom. The van der Waals surface area contributed by atoms with Crippen LogP contribution in [0.3, 0.4) is 0 Å². The number of nitrogens with zero attached hydrogens (tertiary/aromatic N) is 2. The number of aliphatic hydroxyl groups is 1. The molecule has 0 aliphatic carbocycles. The molecule has 1 aromatic rings. The van der Waals surface area contributed by atoms with E-state index in [2.05, 4.69) is 11.8 Å². The molecule has 0 bridgehead atoms. The summed E-state index contributed by atoms with van der Waals surface area (Å²) < 4.78 is 0. The number of rotatable bonds is 15. The maximum Gasteiger partial charge on any atom is 0.336 e. The first kappa shape index (κ1) is 24.3. The Morgan fingerprint density at radius 1 is 0.967 bits per heavy atom. The van der Waals surface area contributed by atoms with Gasteiger partial charge in [0.25, 0.3) is 0 Å². The number of aliphatic hydroxyl groups excluding tert-OH is 1. The van der Waals surface area contributed by atoms with E-state index >= 15 is 0 Å². The fourth-order valence-electron chi connectivity index (χ4n) is 4.16. The van der Waals surface area contributed by atoms with Gasteiger partial charge in [0, 0.05) is 25.4 Å². The van der Waals surface area contributed by atoms with Gasteiger partial charge in [-0.25, -0.2) is 4.79 Å². The van der Waals surface area contributed by atoms with Gasteiger partial charge in [-0.15, -0.1) is 0 Å². The van der Waals surface area contributed by atoms with Crippen molar-refractivity contribution >= 4 is 5.97 Å². The number of carboxylic acids is 1. The monoisotopic (exact) mass is 416 g/mol. The fourth-order valence-corrected chi connectivity index (χ4v) is 4.16. The van der Waals surface area contributed by atoms with E-state index in [4.69, 9.17) is 0 Å². The first-order chi connectivity index (χ1) is 14.5. The van der Waals surface area contributed by atoms with Crippen LogP contribution in [-0.4, -0.2) is 46.2 Å². The fraction of sp³-hybridized carbons (Fsp3) is 0.640. The summed E-state index contributed by atoms with van der Waals surface area (Å²) in [5.41, 5.74) is 1.36. The van der Waals surface area contributed by atoms with E-state index in [-0.39, 0.29) is 5.56 Å². The van der Waals surface area contributed by atoms with Crippen LogP contribution in [0.4, 0.5) is 0 Å². The highest BCUT2D eigenvalue weighted by Gasteiger charge is 2.27. The molecule has 2 rings (SSSR count). The minimum absolute atomic E-state index is 0.156. The lowest BCUT2D eigenvalue weighted by molar-refractivity contribution is 0.0690. The van der Waals surface area contributed by atoms with Gasteiger partial charge in [0.05, 0.1) is 17.9 Å². The standard InChI is InChI=1S/C25H40N2O3/c1-3-4-5-6-7-8-9-10-11-12-15-18-27-19-23(26(2)20-27)24(28)21-16-13-14-17-22(21)25(29)30/h13-14,16-17,19,24,28H,3-12,15,18,20H2,1-2H3,(H,29,30). The van der Waals surface area contributed by atoms with E-state index in [9.17, 15) is 15.0 Å². The van der Waals surface area contributed by atoms with Crippen molar-refractivity contribution in [2.45, 2.75) is 83.7 Å². The quantitative estimate of drug-likeness (QED) is 0.355. The van der Waals surface area contributed by atoms with Crippen molar-refractivity contribution in [2.75, 3.05) is 20.3 Å². The summed E-state index contributed by atoms with van der Waals surface area (Å²) in [5, 5.41) is 20.2. The van der Waals surface area contributed by atoms with E-state index in [1.165, 1.54) is 64.2 Å². The van der Waals surface area contributed by atoms with Crippen molar-refractivity contribution in [3.8, 4) is 0 Å². The molecule has 0 spiro atoms. The Labute approximate surface area is 182 Å². The van der Waals surface area contributed by atoms with Gasteiger partial charge in [-0.05, 0) is 12.5 Å². The van der Waals surface area contributed by atoms with Crippen molar-refractivity contribution in [1.82, 2.24) is 9.80 Å². The summed E-state index contributed by atoms with van der Waals surface area (Å²) in [5.74, 6) is -1.01. The number of unbranched alkanes of at least 4 members (excludes halogenated alkanes) is 10. The van der Waals surface area contributed by atoms with Crippen LogP contribution in [0.15, 0.2) is 36.2 Å². The number of hydrogen-bond acceptors (Lipinski definition) is 4. The molecule has 5 nitrogen and oxygen atoms in total. The summed E-state index contributed by atoms with van der Waals surface area (Å²) in [4.78, 5) is 15.7. The molecule has 1 unspecified atom stereocenters. The van der Waals surface area contributed by atoms with E-state index in [0.717, 1.165) is 25.3 Å². The van der Waals surface area contributed by atoms with E-state index < -0.39 is 12.1 Å². The summed E-state index contributed by atoms with van der Waals surface area (Å²) in [7, 11) is 1.94. The zero-order valence-corrected chi connectivity index (χ0v) is 18.9. The molecular weight excluding hydrogens is 376 g/mol. The van der Waals surface area contributed by atoms with Crippen molar-refractivity contribution in [3.05, 3.63) is 47.3 Å². The Bertz CT molecular complexity index is 674. The van der Waals surface area contributed by atoms with Crippen molar-refractivity contribution in [2.24, 2.45) is 0 Å². The summed E-state index contributed by atoms with van der Waals surface area (Å²) >= 11 is 0. The molecular formula is C25H40N2O3. The predicted octanol–water partition coefficient (Wildman–Crippen LogP) is 5.78. The van der Waals surface area contributed by atoms with Gasteiger partial charge < -0.3 is 20.0 Å². The number of carbonyl (C=O) groups is 1. The zero-order chi connectivity index (χ0) is 21.8. The molecule has 1 aliphatic heterocycles. The first-order valence-corrected chi connectivity index (χ1v) is 11.7. The number of hydrogen-bond donors (Lipinski definition) is 2. The minimum Gasteiger partial charge on any atom is -0.478 e. The molecule has 168 valence electrons. The van der Waals surface area contributed by atoms with E-state index in [0.29, 0.717) is 5.56 Å². The second kappa shape index (κ2) is 13.3. The van der Waals surface area contributed by atoms with Gasteiger partial charge in [0.1, 0.15) is 6.10 Å². The second-order valence-corrected chi connectivity index (χ2v) is 8.54. The molecule has 0 aromatic heterocycles. The van der Waals surface area contributed by atoms with Crippen LogP contribution in [0.1, 0.15) is 99.6 Å². The Hall–Kier alpha value is -2.01. The molecule has 1 aliphatic rings. The topological polar surface area (TPSA) is 64.0 Å². The third kappa shape index (κ3) is 7.67. The highest BCUT2D eigenvalue weighted by atomic mass is 16.4. The van der Waals surface area contributed by atoms with Crippen LogP contribution >= 0.6 is 0 Å². The smallest absolute Gasteiger partial charge is 0.336 e. The molecule has 0 saturated heterocycles. The first-order valence-electron chi connectivity index (χ1n) is 11.7. The maximum atomic E-state index is 11.5.